The van der Waals surface area contributed by atoms with Gasteiger partial charge in [0.15, 0.2) is 0 Å². The molecule has 2 heterocycles. The van der Waals surface area contributed by atoms with Crippen LogP contribution in [0.3, 0.4) is 0 Å². The van der Waals surface area contributed by atoms with Crippen molar-refractivity contribution in [2.75, 3.05) is 6.54 Å². The molecule has 7 heteroatoms. The first-order chi connectivity index (χ1) is 13.0. The molecule has 0 aliphatic rings. The number of aryl methyl sites for hydroxylation is 1. The van der Waals surface area contributed by atoms with Gasteiger partial charge in [0.1, 0.15) is 5.82 Å². The van der Waals surface area contributed by atoms with Gasteiger partial charge in [0.25, 0.3) is 0 Å². The quantitative estimate of drug-likeness (QED) is 0.619. The van der Waals surface area contributed by atoms with Crippen LogP contribution in [-0.4, -0.2) is 27.2 Å². The van der Waals surface area contributed by atoms with Gasteiger partial charge in [-0.05, 0) is 44.5 Å². The first-order valence-corrected chi connectivity index (χ1v) is 9.91. The Bertz CT molecular complexity index is 930. The molecule has 1 N–H and O–H groups in total. The number of benzene rings is 1. The molecule has 2 aromatic heterocycles. The lowest BCUT2D eigenvalue weighted by Gasteiger charge is -2.05. The van der Waals surface area contributed by atoms with Crippen molar-refractivity contribution in [2.24, 2.45) is 0 Å². The van der Waals surface area contributed by atoms with E-state index in [9.17, 15) is 9.18 Å². The lowest BCUT2D eigenvalue weighted by molar-refractivity contribution is -0.120. The number of hydrogen-bond acceptors (Lipinski definition) is 4. The van der Waals surface area contributed by atoms with Crippen molar-refractivity contribution in [1.82, 2.24) is 20.1 Å². The van der Waals surface area contributed by atoms with Gasteiger partial charge in [-0.2, -0.15) is 5.10 Å². The SMILES string of the molecule is CCCCNC(=O)Cc1c(C)nn(-c2nc(-c3ccc(F)cc3)cs2)c1C. The van der Waals surface area contributed by atoms with Crippen molar-refractivity contribution in [3.05, 3.63) is 52.4 Å². The van der Waals surface area contributed by atoms with Crippen LogP contribution in [0.4, 0.5) is 4.39 Å². The van der Waals surface area contributed by atoms with E-state index in [0.29, 0.717) is 13.0 Å². The zero-order valence-corrected chi connectivity index (χ0v) is 16.6. The third-order valence-electron chi connectivity index (χ3n) is 4.44. The molecular formula is C20H23FN4OS. The van der Waals surface area contributed by atoms with E-state index in [4.69, 9.17) is 0 Å². The minimum Gasteiger partial charge on any atom is -0.356 e. The lowest BCUT2D eigenvalue weighted by atomic mass is 10.1. The molecule has 3 rings (SSSR count). The fraction of sp³-hybridized carbons (Fsp3) is 0.350. The Morgan fingerprint density at radius 2 is 2.00 bits per heavy atom. The molecule has 0 bridgehead atoms. The topological polar surface area (TPSA) is 59.8 Å². The maximum Gasteiger partial charge on any atom is 0.224 e. The average Bonchev–Trinajstić information content (AvgIpc) is 3.23. The molecule has 27 heavy (non-hydrogen) atoms. The van der Waals surface area contributed by atoms with Crippen LogP contribution in [0.2, 0.25) is 0 Å². The van der Waals surface area contributed by atoms with Crippen LogP contribution < -0.4 is 5.32 Å². The van der Waals surface area contributed by atoms with Gasteiger partial charge in [0.2, 0.25) is 11.0 Å². The van der Waals surface area contributed by atoms with E-state index in [1.807, 2.05) is 19.2 Å². The van der Waals surface area contributed by atoms with Crippen molar-refractivity contribution >= 4 is 17.2 Å². The molecule has 0 saturated heterocycles. The standard InChI is InChI=1S/C20H23FN4OS/c1-4-5-10-22-19(26)11-17-13(2)24-25(14(17)3)20-23-18(12-27-20)15-6-8-16(21)9-7-15/h6-9,12H,4-5,10-11H2,1-3H3,(H,22,26). The molecule has 0 saturated carbocycles. The maximum atomic E-state index is 13.1. The third-order valence-corrected chi connectivity index (χ3v) is 5.26. The van der Waals surface area contributed by atoms with Crippen molar-refractivity contribution < 1.29 is 9.18 Å². The molecule has 0 spiro atoms. The number of rotatable bonds is 7. The number of amides is 1. The molecule has 142 valence electrons. The lowest BCUT2D eigenvalue weighted by Crippen LogP contribution is -2.26. The molecule has 1 amide bonds. The summed E-state index contributed by atoms with van der Waals surface area (Å²) in [4.78, 5) is 16.8. The summed E-state index contributed by atoms with van der Waals surface area (Å²) >= 11 is 1.47. The van der Waals surface area contributed by atoms with Gasteiger partial charge in [-0.1, -0.05) is 13.3 Å². The van der Waals surface area contributed by atoms with E-state index in [1.54, 1.807) is 16.8 Å². The number of thiazole rings is 1. The largest absolute Gasteiger partial charge is 0.356 e. The van der Waals surface area contributed by atoms with Crippen LogP contribution in [-0.2, 0) is 11.2 Å². The van der Waals surface area contributed by atoms with E-state index in [1.165, 1.54) is 23.5 Å². The Kier molecular flexibility index (Phi) is 6.01. The van der Waals surface area contributed by atoms with Gasteiger partial charge in [0.05, 0.1) is 17.8 Å². The number of carbonyl (C=O) groups excluding carboxylic acids is 1. The fourth-order valence-electron chi connectivity index (χ4n) is 2.86. The zero-order chi connectivity index (χ0) is 19.4. The van der Waals surface area contributed by atoms with Crippen molar-refractivity contribution in [3.8, 4) is 16.4 Å². The van der Waals surface area contributed by atoms with E-state index in [-0.39, 0.29) is 11.7 Å². The van der Waals surface area contributed by atoms with Crippen LogP contribution in [0, 0.1) is 19.7 Å². The number of nitrogens with zero attached hydrogens (tertiary/aromatic N) is 3. The normalized spacial score (nSPS) is 11.0. The van der Waals surface area contributed by atoms with Gasteiger partial charge >= 0.3 is 0 Å². The highest BCUT2D eigenvalue weighted by molar-refractivity contribution is 7.12. The molecular weight excluding hydrogens is 363 g/mol. The Balaban J connectivity index is 1.80. The first kappa shape index (κ1) is 19.2. The molecule has 5 nitrogen and oxygen atoms in total. The molecule has 0 radical (unpaired) electrons. The van der Waals surface area contributed by atoms with Crippen LogP contribution in [0.15, 0.2) is 29.6 Å². The molecule has 0 fully saturated rings. The van der Waals surface area contributed by atoms with Gasteiger partial charge < -0.3 is 5.32 Å². The van der Waals surface area contributed by atoms with Crippen molar-refractivity contribution in [3.63, 3.8) is 0 Å². The average molecular weight is 386 g/mol. The summed E-state index contributed by atoms with van der Waals surface area (Å²) in [5.74, 6) is -0.255. The number of nitrogens with one attached hydrogen (secondary N) is 1. The van der Waals surface area contributed by atoms with Gasteiger partial charge in [-0.3, -0.25) is 4.79 Å². The van der Waals surface area contributed by atoms with E-state index in [2.05, 4.69) is 22.3 Å². The summed E-state index contributed by atoms with van der Waals surface area (Å²) in [6, 6.07) is 6.27. The van der Waals surface area contributed by atoms with Gasteiger partial charge in [0, 0.05) is 28.7 Å². The van der Waals surface area contributed by atoms with Crippen molar-refractivity contribution in [2.45, 2.75) is 40.0 Å². The highest BCUT2D eigenvalue weighted by Gasteiger charge is 2.17. The highest BCUT2D eigenvalue weighted by Crippen LogP contribution is 2.26. The molecule has 0 aliphatic carbocycles. The predicted molar refractivity (Wildman–Crippen MR) is 106 cm³/mol. The summed E-state index contributed by atoms with van der Waals surface area (Å²) in [6.45, 7) is 6.66. The predicted octanol–water partition coefficient (Wildman–Crippen LogP) is 4.21. The van der Waals surface area contributed by atoms with Crippen LogP contribution >= 0.6 is 11.3 Å². The Morgan fingerprint density at radius 3 is 2.70 bits per heavy atom. The molecule has 0 aliphatic heterocycles. The molecule has 3 aromatic rings. The summed E-state index contributed by atoms with van der Waals surface area (Å²) in [6.07, 6.45) is 2.35. The number of hydrogen-bond donors (Lipinski definition) is 1. The minimum absolute atomic E-state index is 0.0142. The smallest absolute Gasteiger partial charge is 0.224 e. The monoisotopic (exact) mass is 386 g/mol. The van der Waals surface area contributed by atoms with Crippen LogP contribution in [0.25, 0.3) is 16.4 Å². The molecule has 1 aromatic carbocycles. The second-order valence-electron chi connectivity index (χ2n) is 6.46. The van der Waals surface area contributed by atoms with E-state index < -0.39 is 0 Å². The van der Waals surface area contributed by atoms with Gasteiger partial charge in [-0.15, -0.1) is 11.3 Å². The summed E-state index contributed by atoms with van der Waals surface area (Å²) in [5, 5.41) is 10.2. The Hall–Kier alpha value is -2.54. The summed E-state index contributed by atoms with van der Waals surface area (Å²) in [5.41, 5.74) is 4.31. The van der Waals surface area contributed by atoms with Gasteiger partial charge in [-0.25, -0.2) is 14.1 Å². The Labute approximate surface area is 162 Å². The first-order valence-electron chi connectivity index (χ1n) is 9.03. The zero-order valence-electron chi connectivity index (χ0n) is 15.8. The van der Waals surface area contributed by atoms with E-state index in [0.717, 1.165) is 46.2 Å². The number of halogens is 1. The Morgan fingerprint density at radius 1 is 1.26 bits per heavy atom. The number of aromatic nitrogens is 3. The molecule has 0 atom stereocenters. The molecule has 0 unspecified atom stereocenters. The third kappa shape index (κ3) is 4.42. The second-order valence-corrected chi connectivity index (χ2v) is 7.30. The van der Waals surface area contributed by atoms with Crippen molar-refractivity contribution in [1.29, 1.82) is 0 Å². The minimum atomic E-state index is -0.269. The summed E-state index contributed by atoms with van der Waals surface area (Å²) in [7, 11) is 0. The maximum absolute atomic E-state index is 13.1. The summed E-state index contributed by atoms with van der Waals surface area (Å²) < 4.78 is 14.9. The van der Waals surface area contributed by atoms with Crippen LogP contribution in [0.1, 0.15) is 36.7 Å². The highest BCUT2D eigenvalue weighted by atomic mass is 32.1. The number of unbranched alkanes of at least 4 members (excludes halogenated alkanes) is 1. The second kappa shape index (κ2) is 8.43. The number of carbonyl (C=O) groups is 1. The van der Waals surface area contributed by atoms with Crippen LogP contribution in [0.5, 0.6) is 0 Å². The fourth-order valence-corrected chi connectivity index (χ4v) is 3.69. The van der Waals surface area contributed by atoms with E-state index >= 15 is 0 Å².